The van der Waals surface area contributed by atoms with E-state index in [2.05, 4.69) is 9.97 Å². The van der Waals surface area contributed by atoms with Gasteiger partial charge in [-0.3, -0.25) is 0 Å². The second kappa shape index (κ2) is 5.75. The molecule has 0 unspecified atom stereocenters. The van der Waals surface area contributed by atoms with Crippen LogP contribution in [0.15, 0.2) is 48.7 Å². The Labute approximate surface area is 121 Å². The predicted molar refractivity (Wildman–Crippen MR) is 80.9 cm³/mol. The number of nitrogen functional groups attached to an aromatic ring is 1. The maximum atomic E-state index is 12.2. The molecule has 3 rings (SSSR count). The zero-order valence-corrected chi connectivity index (χ0v) is 11.3. The fraction of sp³-hybridized carbons (Fsp3) is 0.125. The number of aromatic nitrogens is 2. The number of halogens is 1. The first-order valence-corrected chi connectivity index (χ1v) is 6.58. The van der Waals surface area contributed by atoms with Crippen LogP contribution in [0.4, 0.5) is 10.1 Å². The Balaban J connectivity index is 2.05. The monoisotopic (exact) mass is 283 g/mol. The van der Waals surface area contributed by atoms with Crippen LogP contribution in [0.2, 0.25) is 0 Å². The summed E-state index contributed by atoms with van der Waals surface area (Å²) in [5.41, 5.74) is 9.42. The molecular weight excluding hydrogens is 269 g/mol. The molecule has 1 heterocycles. The van der Waals surface area contributed by atoms with E-state index < -0.39 is 6.67 Å². The van der Waals surface area contributed by atoms with Crippen LogP contribution in [0.3, 0.4) is 0 Å². The number of alkyl halides is 1. The van der Waals surface area contributed by atoms with Crippen LogP contribution >= 0.6 is 0 Å². The highest BCUT2D eigenvalue weighted by atomic mass is 19.1. The van der Waals surface area contributed by atoms with Crippen molar-refractivity contribution in [1.82, 2.24) is 9.97 Å². The van der Waals surface area contributed by atoms with E-state index in [1.165, 1.54) is 0 Å². The number of para-hydroxylation sites is 1. The van der Waals surface area contributed by atoms with Crippen molar-refractivity contribution in [1.29, 1.82) is 0 Å². The van der Waals surface area contributed by atoms with Gasteiger partial charge in [0.25, 0.3) is 0 Å². The van der Waals surface area contributed by atoms with E-state index in [-0.39, 0.29) is 6.61 Å². The van der Waals surface area contributed by atoms with Crippen molar-refractivity contribution in [2.45, 2.75) is 0 Å². The van der Waals surface area contributed by atoms with Gasteiger partial charge >= 0.3 is 0 Å². The first kappa shape index (κ1) is 13.3. The molecule has 0 radical (unpaired) electrons. The zero-order valence-electron chi connectivity index (χ0n) is 11.3. The van der Waals surface area contributed by atoms with Crippen molar-refractivity contribution >= 4 is 16.7 Å². The summed E-state index contributed by atoms with van der Waals surface area (Å²) in [5.74, 6) is 0.539. The molecule has 0 spiro atoms. The number of nitrogens with two attached hydrogens (primary N) is 1. The van der Waals surface area contributed by atoms with Gasteiger partial charge in [-0.1, -0.05) is 18.2 Å². The molecule has 5 heteroatoms. The van der Waals surface area contributed by atoms with E-state index in [4.69, 9.17) is 10.5 Å². The smallest absolute Gasteiger partial charge is 0.147 e. The van der Waals surface area contributed by atoms with Crippen LogP contribution < -0.4 is 10.5 Å². The second-order valence-electron chi connectivity index (χ2n) is 4.54. The summed E-state index contributed by atoms with van der Waals surface area (Å²) in [6, 6.07) is 12.9. The Morgan fingerprint density at radius 1 is 1.14 bits per heavy atom. The van der Waals surface area contributed by atoms with Crippen LogP contribution in [-0.2, 0) is 0 Å². The minimum Gasteiger partial charge on any atom is -0.489 e. The van der Waals surface area contributed by atoms with E-state index in [0.717, 1.165) is 11.3 Å². The molecule has 0 aliphatic heterocycles. The lowest BCUT2D eigenvalue weighted by Crippen LogP contribution is -2.00. The molecule has 106 valence electrons. The third kappa shape index (κ3) is 2.76. The van der Waals surface area contributed by atoms with E-state index in [9.17, 15) is 4.39 Å². The molecule has 0 fully saturated rings. The van der Waals surface area contributed by atoms with Crippen molar-refractivity contribution in [3.63, 3.8) is 0 Å². The lowest BCUT2D eigenvalue weighted by Gasteiger charge is -2.08. The van der Waals surface area contributed by atoms with Crippen LogP contribution in [-0.4, -0.2) is 23.2 Å². The SMILES string of the molecule is Nc1cccc(-c2cnc3c(OCCF)cccc3n2)c1. The summed E-state index contributed by atoms with van der Waals surface area (Å²) >= 11 is 0. The molecule has 4 nitrogen and oxygen atoms in total. The van der Waals surface area contributed by atoms with Crippen LogP contribution in [0.1, 0.15) is 0 Å². The highest BCUT2D eigenvalue weighted by Gasteiger charge is 2.07. The Hall–Kier alpha value is -2.69. The van der Waals surface area contributed by atoms with Gasteiger partial charge in [-0.15, -0.1) is 0 Å². The van der Waals surface area contributed by atoms with E-state index in [0.29, 0.717) is 22.5 Å². The molecule has 0 saturated carbocycles. The Bertz CT molecular complexity index is 776. The Morgan fingerprint density at radius 3 is 2.81 bits per heavy atom. The number of fused-ring (bicyclic) bond motifs is 1. The molecule has 21 heavy (non-hydrogen) atoms. The number of anilines is 1. The molecule has 2 N–H and O–H groups in total. The van der Waals surface area contributed by atoms with Crippen molar-refractivity contribution in [2.24, 2.45) is 0 Å². The minimum absolute atomic E-state index is 0.0117. The van der Waals surface area contributed by atoms with Crippen molar-refractivity contribution in [2.75, 3.05) is 19.0 Å². The van der Waals surface area contributed by atoms with Gasteiger partial charge in [0.1, 0.15) is 24.5 Å². The standard InChI is InChI=1S/C16H14FN3O/c17-7-8-21-15-6-2-5-13-16(15)19-10-14(20-13)11-3-1-4-12(18)9-11/h1-6,9-10H,7-8,18H2. The van der Waals surface area contributed by atoms with Gasteiger partial charge in [-0.25, -0.2) is 14.4 Å². The van der Waals surface area contributed by atoms with Crippen LogP contribution in [0.25, 0.3) is 22.3 Å². The summed E-state index contributed by atoms with van der Waals surface area (Å²) in [6.45, 7) is -0.525. The third-order valence-corrected chi connectivity index (χ3v) is 3.05. The quantitative estimate of drug-likeness (QED) is 0.747. The number of ether oxygens (including phenoxy) is 1. The van der Waals surface area contributed by atoms with Gasteiger partial charge in [0.2, 0.25) is 0 Å². The number of benzene rings is 2. The van der Waals surface area contributed by atoms with Crippen molar-refractivity contribution in [3.05, 3.63) is 48.7 Å². The highest BCUT2D eigenvalue weighted by Crippen LogP contribution is 2.25. The molecule has 2 aromatic carbocycles. The Kier molecular flexibility index (Phi) is 3.64. The zero-order chi connectivity index (χ0) is 14.7. The highest BCUT2D eigenvalue weighted by molar-refractivity contribution is 5.83. The number of rotatable bonds is 4. The van der Waals surface area contributed by atoms with Gasteiger partial charge < -0.3 is 10.5 Å². The predicted octanol–water partition coefficient (Wildman–Crippen LogP) is 3.23. The summed E-state index contributed by atoms with van der Waals surface area (Å²) < 4.78 is 17.6. The summed E-state index contributed by atoms with van der Waals surface area (Å²) in [7, 11) is 0. The maximum absolute atomic E-state index is 12.2. The first-order chi connectivity index (χ1) is 10.3. The molecule has 0 atom stereocenters. The van der Waals surface area contributed by atoms with Crippen LogP contribution in [0.5, 0.6) is 5.75 Å². The molecule has 1 aromatic heterocycles. The molecule has 0 amide bonds. The van der Waals surface area contributed by atoms with Gasteiger partial charge in [0, 0.05) is 11.3 Å². The van der Waals surface area contributed by atoms with Gasteiger partial charge in [0.15, 0.2) is 0 Å². The van der Waals surface area contributed by atoms with Gasteiger partial charge in [-0.05, 0) is 24.3 Å². The summed E-state index contributed by atoms with van der Waals surface area (Å²) in [5, 5.41) is 0. The van der Waals surface area contributed by atoms with E-state index >= 15 is 0 Å². The maximum Gasteiger partial charge on any atom is 0.147 e. The number of nitrogens with zero attached hydrogens (tertiary/aromatic N) is 2. The molecular formula is C16H14FN3O. The molecule has 0 saturated heterocycles. The average molecular weight is 283 g/mol. The van der Waals surface area contributed by atoms with Crippen LogP contribution in [0, 0.1) is 0 Å². The fourth-order valence-corrected chi connectivity index (χ4v) is 2.12. The average Bonchev–Trinajstić information content (AvgIpc) is 2.52. The third-order valence-electron chi connectivity index (χ3n) is 3.05. The Morgan fingerprint density at radius 2 is 2.00 bits per heavy atom. The van der Waals surface area contributed by atoms with E-state index in [1.807, 2.05) is 36.4 Å². The van der Waals surface area contributed by atoms with Gasteiger partial charge in [-0.2, -0.15) is 0 Å². The summed E-state index contributed by atoms with van der Waals surface area (Å²) in [4.78, 5) is 8.95. The second-order valence-corrected chi connectivity index (χ2v) is 4.54. The first-order valence-electron chi connectivity index (χ1n) is 6.58. The number of hydrogen-bond acceptors (Lipinski definition) is 4. The lowest BCUT2D eigenvalue weighted by molar-refractivity contribution is 0.275. The number of hydrogen-bond donors (Lipinski definition) is 1. The normalized spacial score (nSPS) is 10.7. The molecule has 3 aromatic rings. The van der Waals surface area contributed by atoms with E-state index in [1.54, 1.807) is 12.3 Å². The fourth-order valence-electron chi connectivity index (χ4n) is 2.12. The summed E-state index contributed by atoms with van der Waals surface area (Å²) in [6.07, 6.45) is 1.67. The molecule has 0 bridgehead atoms. The largest absolute Gasteiger partial charge is 0.489 e. The van der Waals surface area contributed by atoms with Crippen molar-refractivity contribution in [3.8, 4) is 17.0 Å². The topological polar surface area (TPSA) is 61.0 Å². The molecule has 0 aliphatic carbocycles. The minimum atomic E-state index is -0.537. The van der Waals surface area contributed by atoms with Gasteiger partial charge in [0.05, 0.1) is 17.4 Å². The molecule has 0 aliphatic rings. The van der Waals surface area contributed by atoms with Crippen molar-refractivity contribution < 1.29 is 9.13 Å². The lowest BCUT2D eigenvalue weighted by atomic mass is 10.1.